The summed E-state index contributed by atoms with van der Waals surface area (Å²) in [6.45, 7) is 7.59. The Bertz CT molecular complexity index is 1020. The number of rotatable bonds is 10. The fraction of sp³-hybridized carbons (Fsp3) is 0.458. The fourth-order valence-electron chi connectivity index (χ4n) is 3.43. The molecule has 0 aliphatic rings. The SMILES string of the molecule is COc1ccc([C@@H](CC(C)C)NC(=O)CN(c2cc(C)ccc2C)S(=O)(=O)N(C)C)cc1. The molecule has 0 radical (unpaired) electrons. The molecule has 0 aromatic heterocycles. The summed E-state index contributed by atoms with van der Waals surface area (Å²) in [5.41, 5.74) is 3.14. The summed E-state index contributed by atoms with van der Waals surface area (Å²) < 4.78 is 33.7. The molecule has 7 nitrogen and oxygen atoms in total. The van der Waals surface area contributed by atoms with E-state index < -0.39 is 10.2 Å². The van der Waals surface area contributed by atoms with Crippen LogP contribution in [0.2, 0.25) is 0 Å². The van der Waals surface area contributed by atoms with E-state index in [9.17, 15) is 13.2 Å². The molecule has 176 valence electrons. The van der Waals surface area contributed by atoms with Gasteiger partial charge in [0.1, 0.15) is 12.3 Å². The molecular weight excluding hydrogens is 426 g/mol. The number of benzene rings is 2. The van der Waals surface area contributed by atoms with E-state index in [1.807, 2.05) is 50.2 Å². The molecule has 2 aromatic carbocycles. The number of carbonyl (C=O) groups excluding carboxylic acids is 1. The van der Waals surface area contributed by atoms with Crippen molar-refractivity contribution in [1.82, 2.24) is 9.62 Å². The maximum atomic E-state index is 13.1. The first kappa shape index (κ1) is 25.7. The van der Waals surface area contributed by atoms with Crippen molar-refractivity contribution in [2.75, 3.05) is 32.1 Å². The Labute approximate surface area is 192 Å². The molecule has 0 fully saturated rings. The Balaban J connectivity index is 2.35. The average Bonchev–Trinajstić information content (AvgIpc) is 2.73. The van der Waals surface area contributed by atoms with Gasteiger partial charge in [-0.15, -0.1) is 0 Å². The fourth-order valence-corrected chi connectivity index (χ4v) is 4.55. The molecule has 0 saturated carbocycles. The molecule has 2 rings (SSSR count). The van der Waals surface area contributed by atoms with Gasteiger partial charge in [0.15, 0.2) is 0 Å². The highest BCUT2D eigenvalue weighted by Crippen LogP contribution is 2.27. The predicted molar refractivity (Wildman–Crippen MR) is 129 cm³/mol. The Kier molecular flexibility index (Phi) is 8.69. The van der Waals surface area contributed by atoms with Crippen LogP contribution in [-0.2, 0) is 15.0 Å². The zero-order chi connectivity index (χ0) is 24.1. The lowest BCUT2D eigenvalue weighted by Crippen LogP contribution is -2.46. The van der Waals surface area contributed by atoms with E-state index in [1.165, 1.54) is 18.4 Å². The van der Waals surface area contributed by atoms with E-state index in [2.05, 4.69) is 19.2 Å². The van der Waals surface area contributed by atoms with Crippen molar-refractivity contribution >= 4 is 21.8 Å². The first-order valence-corrected chi connectivity index (χ1v) is 12.1. The molecule has 2 aromatic rings. The number of hydrogen-bond donors (Lipinski definition) is 1. The van der Waals surface area contributed by atoms with Crippen LogP contribution in [0.5, 0.6) is 5.75 Å². The van der Waals surface area contributed by atoms with Crippen molar-refractivity contribution < 1.29 is 17.9 Å². The van der Waals surface area contributed by atoms with Gasteiger partial charge in [-0.05, 0) is 61.1 Å². The number of nitrogens with one attached hydrogen (secondary N) is 1. The van der Waals surface area contributed by atoms with E-state index in [0.717, 1.165) is 33.2 Å². The molecule has 1 atom stereocenters. The lowest BCUT2D eigenvalue weighted by atomic mass is 9.97. The minimum atomic E-state index is -3.87. The third-order valence-electron chi connectivity index (χ3n) is 5.22. The maximum absolute atomic E-state index is 13.1. The van der Waals surface area contributed by atoms with Crippen molar-refractivity contribution in [3.63, 3.8) is 0 Å². The molecule has 0 saturated heterocycles. The van der Waals surface area contributed by atoms with E-state index in [4.69, 9.17) is 4.74 Å². The minimum Gasteiger partial charge on any atom is -0.497 e. The lowest BCUT2D eigenvalue weighted by Gasteiger charge is -2.29. The molecule has 1 N–H and O–H groups in total. The summed E-state index contributed by atoms with van der Waals surface area (Å²) in [4.78, 5) is 13.1. The number of hydrogen-bond acceptors (Lipinski definition) is 4. The van der Waals surface area contributed by atoms with Crippen LogP contribution in [0.15, 0.2) is 42.5 Å². The van der Waals surface area contributed by atoms with Gasteiger partial charge in [-0.2, -0.15) is 12.7 Å². The van der Waals surface area contributed by atoms with E-state index in [1.54, 1.807) is 13.2 Å². The summed E-state index contributed by atoms with van der Waals surface area (Å²) in [5, 5.41) is 3.04. The third-order valence-corrected chi connectivity index (χ3v) is 7.03. The van der Waals surface area contributed by atoms with Gasteiger partial charge < -0.3 is 10.1 Å². The Morgan fingerprint density at radius 2 is 1.69 bits per heavy atom. The smallest absolute Gasteiger partial charge is 0.304 e. The van der Waals surface area contributed by atoms with Gasteiger partial charge in [0.25, 0.3) is 0 Å². The van der Waals surface area contributed by atoms with Crippen LogP contribution >= 0.6 is 0 Å². The minimum absolute atomic E-state index is 0.240. The Morgan fingerprint density at radius 3 is 2.22 bits per heavy atom. The molecule has 1 amide bonds. The second kappa shape index (κ2) is 10.8. The van der Waals surface area contributed by atoms with Crippen molar-refractivity contribution in [3.8, 4) is 5.75 Å². The quantitative estimate of drug-likeness (QED) is 0.583. The highest BCUT2D eigenvalue weighted by atomic mass is 32.2. The van der Waals surface area contributed by atoms with Gasteiger partial charge in [-0.1, -0.05) is 38.1 Å². The van der Waals surface area contributed by atoms with Gasteiger partial charge in [-0.3, -0.25) is 4.79 Å². The second-order valence-electron chi connectivity index (χ2n) is 8.61. The normalized spacial score (nSPS) is 12.7. The first-order chi connectivity index (χ1) is 14.9. The van der Waals surface area contributed by atoms with Crippen molar-refractivity contribution in [2.45, 2.75) is 40.2 Å². The van der Waals surface area contributed by atoms with Gasteiger partial charge >= 0.3 is 10.2 Å². The maximum Gasteiger partial charge on any atom is 0.304 e. The van der Waals surface area contributed by atoms with Gasteiger partial charge in [-0.25, -0.2) is 4.31 Å². The summed E-state index contributed by atoms with van der Waals surface area (Å²) in [6.07, 6.45) is 0.724. The molecule has 0 heterocycles. The second-order valence-corrected chi connectivity index (χ2v) is 10.7. The third kappa shape index (κ3) is 6.46. The highest BCUT2D eigenvalue weighted by molar-refractivity contribution is 7.90. The first-order valence-electron chi connectivity index (χ1n) is 10.7. The molecule has 8 heteroatoms. The summed E-state index contributed by atoms with van der Waals surface area (Å²) in [5.74, 6) is 0.711. The largest absolute Gasteiger partial charge is 0.497 e. The van der Waals surface area contributed by atoms with Crippen molar-refractivity contribution in [1.29, 1.82) is 0 Å². The van der Waals surface area contributed by atoms with Crippen LogP contribution in [0.4, 0.5) is 5.69 Å². The van der Waals surface area contributed by atoms with Crippen LogP contribution in [0.25, 0.3) is 0 Å². The van der Waals surface area contributed by atoms with E-state index in [0.29, 0.717) is 11.6 Å². The van der Waals surface area contributed by atoms with E-state index >= 15 is 0 Å². The number of ether oxygens (including phenoxy) is 1. The predicted octanol–water partition coefficient (Wildman–Crippen LogP) is 3.83. The van der Waals surface area contributed by atoms with Crippen molar-refractivity contribution in [2.24, 2.45) is 5.92 Å². The molecular formula is C24H35N3O4S. The summed E-state index contributed by atoms with van der Waals surface area (Å²) in [6, 6.07) is 12.9. The molecule has 0 unspecified atom stereocenters. The molecule has 0 aliphatic carbocycles. The molecule has 0 bridgehead atoms. The van der Waals surface area contributed by atoms with Crippen LogP contribution in [0, 0.1) is 19.8 Å². The van der Waals surface area contributed by atoms with Crippen LogP contribution in [-0.4, -0.2) is 46.4 Å². The molecule has 32 heavy (non-hydrogen) atoms. The lowest BCUT2D eigenvalue weighted by molar-refractivity contribution is -0.120. The Morgan fingerprint density at radius 1 is 1.06 bits per heavy atom. The summed E-state index contributed by atoms with van der Waals surface area (Å²) >= 11 is 0. The number of methoxy groups -OCH3 is 1. The zero-order valence-electron chi connectivity index (χ0n) is 20.0. The zero-order valence-corrected chi connectivity index (χ0v) is 20.9. The summed E-state index contributed by atoms with van der Waals surface area (Å²) in [7, 11) is 0.662. The van der Waals surface area contributed by atoms with Crippen LogP contribution in [0.3, 0.4) is 0 Å². The monoisotopic (exact) mass is 461 g/mol. The molecule has 0 spiro atoms. The van der Waals surface area contributed by atoms with Gasteiger partial charge in [0, 0.05) is 14.1 Å². The number of amides is 1. The number of anilines is 1. The van der Waals surface area contributed by atoms with Crippen LogP contribution < -0.4 is 14.4 Å². The van der Waals surface area contributed by atoms with Gasteiger partial charge in [0.05, 0.1) is 18.8 Å². The Hall–Kier alpha value is -2.58. The van der Waals surface area contributed by atoms with Crippen molar-refractivity contribution in [3.05, 3.63) is 59.2 Å². The number of nitrogens with zero attached hydrogens (tertiary/aromatic N) is 2. The molecule has 0 aliphatic heterocycles. The van der Waals surface area contributed by atoms with Gasteiger partial charge in [0.2, 0.25) is 5.91 Å². The average molecular weight is 462 g/mol. The standard InChI is InChI=1S/C24H35N3O4S/c1-17(2)14-22(20-10-12-21(31-7)13-11-20)25-24(28)16-27(32(29,30)26(5)6)23-15-18(3)8-9-19(23)4/h8-13,15,17,22H,14,16H2,1-7H3,(H,25,28)/t22-/m1/s1. The number of carbonyl (C=O) groups is 1. The number of aryl methyl sites for hydroxylation is 2. The highest BCUT2D eigenvalue weighted by Gasteiger charge is 2.29. The van der Waals surface area contributed by atoms with Crippen LogP contribution in [0.1, 0.15) is 43.0 Å². The topological polar surface area (TPSA) is 79.0 Å². The van der Waals surface area contributed by atoms with E-state index in [-0.39, 0.29) is 18.5 Å².